The number of imidazole rings is 1. The Hall–Kier alpha value is -3.88. The van der Waals surface area contributed by atoms with E-state index in [1.165, 1.54) is 25.5 Å². The van der Waals surface area contributed by atoms with Crippen LogP contribution in [-0.2, 0) is 13.2 Å². The summed E-state index contributed by atoms with van der Waals surface area (Å²) in [4.78, 5) is 20.1. The molecule has 0 spiro atoms. The molecule has 4 aromatic rings. The van der Waals surface area contributed by atoms with E-state index in [0.717, 1.165) is 6.07 Å². The number of nitrogens with zero attached hydrogens (tertiary/aromatic N) is 3. The first kappa shape index (κ1) is 20.4. The number of halogens is 3. The van der Waals surface area contributed by atoms with Crippen molar-refractivity contribution in [2.45, 2.75) is 6.18 Å². The fraction of sp³-hybridized carbons (Fsp3) is 0.136. The van der Waals surface area contributed by atoms with Crippen LogP contribution in [0.5, 0.6) is 0 Å². The molecule has 0 aliphatic carbocycles. The molecule has 0 saturated carbocycles. The lowest BCUT2D eigenvalue weighted by Gasteiger charge is -2.13. The van der Waals surface area contributed by atoms with E-state index in [1.54, 1.807) is 48.0 Å². The van der Waals surface area contributed by atoms with Gasteiger partial charge in [-0.1, -0.05) is 12.1 Å². The van der Waals surface area contributed by atoms with Gasteiger partial charge in [-0.3, -0.25) is 9.78 Å². The third-order valence-electron chi connectivity index (χ3n) is 4.91. The van der Waals surface area contributed by atoms with E-state index in [9.17, 15) is 18.0 Å². The van der Waals surface area contributed by atoms with E-state index in [2.05, 4.69) is 20.6 Å². The summed E-state index contributed by atoms with van der Waals surface area (Å²) in [5, 5.41) is 5.62. The summed E-state index contributed by atoms with van der Waals surface area (Å²) in [6, 6.07) is 12.4. The minimum absolute atomic E-state index is 0.0317. The number of carbonyl (C=O) groups is 1. The van der Waals surface area contributed by atoms with Gasteiger partial charge in [-0.15, -0.1) is 0 Å². The van der Waals surface area contributed by atoms with Crippen molar-refractivity contribution in [1.82, 2.24) is 19.9 Å². The molecule has 0 aliphatic rings. The van der Waals surface area contributed by atoms with Gasteiger partial charge >= 0.3 is 6.18 Å². The van der Waals surface area contributed by atoms with Crippen LogP contribution in [0, 0.1) is 0 Å². The molecule has 2 heterocycles. The number of hydrogen-bond donors (Lipinski definition) is 2. The molecule has 0 unspecified atom stereocenters. The number of benzene rings is 2. The second-order valence-electron chi connectivity index (χ2n) is 6.91. The molecular formula is C22H18F3N5O. The number of aryl methyl sites for hydroxylation is 1. The molecule has 2 aromatic carbocycles. The van der Waals surface area contributed by atoms with E-state index in [-0.39, 0.29) is 17.0 Å². The molecule has 0 atom stereocenters. The van der Waals surface area contributed by atoms with Crippen molar-refractivity contribution in [2.24, 2.45) is 7.05 Å². The van der Waals surface area contributed by atoms with Crippen molar-refractivity contribution < 1.29 is 18.0 Å². The summed E-state index contributed by atoms with van der Waals surface area (Å²) in [6.45, 7) is 0. The number of anilines is 2. The van der Waals surface area contributed by atoms with Gasteiger partial charge in [-0.2, -0.15) is 13.2 Å². The number of fused-ring (bicyclic) bond motifs is 1. The molecule has 0 fully saturated rings. The highest BCUT2D eigenvalue weighted by Gasteiger charge is 2.34. The molecule has 2 aromatic heterocycles. The lowest BCUT2D eigenvalue weighted by molar-refractivity contribution is -0.137. The first-order valence-corrected chi connectivity index (χ1v) is 9.35. The largest absolute Gasteiger partial charge is 0.417 e. The van der Waals surface area contributed by atoms with Crippen LogP contribution in [-0.4, -0.2) is 27.5 Å². The Morgan fingerprint density at radius 1 is 1.10 bits per heavy atom. The highest BCUT2D eigenvalue weighted by Crippen LogP contribution is 2.39. The van der Waals surface area contributed by atoms with Crippen molar-refractivity contribution in [3.8, 4) is 11.1 Å². The van der Waals surface area contributed by atoms with Gasteiger partial charge < -0.3 is 15.2 Å². The zero-order valence-corrected chi connectivity index (χ0v) is 16.7. The van der Waals surface area contributed by atoms with Gasteiger partial charge in [-0.05, 0) is 42.0 Å². The predicted octanol–water partition coefficient (Wildman–Crippen LogP) is 4.76. The summed E-state index contributed by atoms with van der Waals surface area (Å²) in [6.07, 6.45) is -1.64. The second-order valence-corrected chi connectivity index (χ2v) is 6.91. The highest BCUT2D eigenvalue weighted by molar-refractivity contribution is 5.95. The number of hydrogen-bond acceptors (Lipinski definition) is 4. The average Bonchev–Trinajstić information content (AvgIpc) is 3.07. The van der Waals surface area contributed by atoms with Crippen molar-refractivity contribution in [1.29, 1.82) is 0 Å². The van der Waals surface area contributed by atoms with Crippen LogP contribution in [0.25, 0.3) is 22.2 Å². The van der Waals surface area contributed by atoms with Gasteiger partial charge in [0.15, 0.2) is 0 Å². The van der Waals surface area contributed by atoms with E-state index < -0.39 is 11.7 Å². The number of rotatable bonds is 4. The quantitative estimate of drug-likeness (QED) is 0.495. The first-order chi connectivity index (χ1) is 14.8. The molecule has 0 bridgehead atoms. The Bertz CT molecular complexity index is 1270. The Balaban J connectivity index is 1.81. The van der Waals surface area contributed by atoms with E-state index in [4.69, 9.17) is 0 Å². The standard InChI is InChI=1S/C22H18F3N5O/c1-26-20(31)13-5-3-7-15(9-13)28-21-29-18-11-17(22(23,24)25)16(10-19(18)30(21)2)14-6-4-8-27-12-14/h3-12H,1-2H3,(H,26,31)(H,28,29). The van der Waals surface area contributed by atoms with Gasteiger partial charge in [0.25, 0.3) is 5.91 Å². The van der Waals surface area contributed by atoms with E-state index >= 15 is 0 Å². The minimum atomic E-state index is -4.55. The molecule has 0 saturated heterocycles. The third-order valence-corrected chi connectivity index (χ3v) is 4.91. The number of pyridine rings is 1. The van der Waals surface area contributed by atoms with Gasteiger partial charge in [0, 0.05) is 43.3 Å². The highest BCUT2D eigenvalue weighted by atomic mass is 19.4. The fourth-order valence-corrected chi connectivity index (χ4v) is 3.36. The predicted molar refractivity (Wildman–Crippen MR) is 112 cm³/mol. The average molecular weight is 425 g/mol. The number of carbonyl (C=O) groups excluding carboxylic acids is 1. The summed E-state index contributed by atoms with van der Waals surface area (Å²) in [5.41, 5.74) is 1.38. The molecule has 158 valence electrons. The van der Waals surface area contributed by atoms with E-state index in [1.807, 2.05) is 0 Å². The zero-order chi connectivity index (χ0) is 22.2. The molecule has 1 amide bonds. The number of aromatic nitrogens is 3. The molecule has 4 rings (SSSR count). The Morgan fingerprint density at radius 2 is 1.90 bits per heavy atom. The van der Waals surface area contributed by atoms with Gasteiger partial charge in [0.05, 0.1) is 16.6 Å². The minimum Gasteiger partial charge on any atom is -0.355 e. The lowest BCUT2D eigenvalue weighted by Crippen LogP contribution is -2.17. The SMILES string of the molecule is CNC(=O)c1cccc(Nc2nc3cc(C(F)(F)F)c(-c4cccnc4)cc3n2C)c1. The Kier molecular flexibility index (Phi) is 5.10. The molecule has 6 nitrogen and oxygen atoms in total. The van der Waals surface area contributed by atoms with Crippen molar-refractivity contribution in [3.05, 3.63) is 72.1 Å². The maximum atomic E-state index is 13.8. The maximum absolute atomic E-state index is 13.8. The van der Waals surface area contributed by atoms with Crippen molar-refractivity contribution in [3.63, 3.8) is 0 Å². The normalized spacial score (nSPS) is 11.5. The topological polar surface area (TPSA) is 71.8 Å². The van der Waals surface area contributed by atoms with Crippen LogP contribution in [0.2, 0.25) is 0 Å². The summed E-state index contributed by atoms with van der Waals surface area (Å²) in [5.74, 6) is 0.102. The second kappa shape index (κ2) is 7.75. The van der Waals surface area contributed by atoms with Gasteiger partial charge in [-0.25, -0.2) is 4.98 Å². The van der Waals surface area contributed by atoms with Crippen LogP contribution in [0.3, 0.4) is 0 Å². The van der Waals surface area contributed by atoms with Crippen LogP contribution in [0.15, 0.2) is 60.9 Å². The monoisotopic (exact) mass is 425 g/mol. The maximum Gasteiger partial charge on any atom is 0.417 e. The third kappa shape index (κ3) is 3.94. The Labute approximate surface area is 175 Å². The van der Waals surface area contributed by atoms with Crippen LogP contribution >= 0.6 is 0 Å². The summed E-state index contributed by atoms with van der Waals surface area (Å²) in [7, 11) is 3.24. The molecule has 0 aliphatic heterocycles. The first-order valence-electron chi connectivity index (χ1n) is 9.35. The fourth-order valence-electron chi connectivity index (χ4n) is 3.36. The number of alkyl halides is 3. The number of amides is 1. The molecule has 2 N–H and O–H groups in total. The lowest BCUT2D eigenvalue weighted by atomic mass is 10.00. The molecule has 9 heteroatoms. The molecule has 0 radical (unpaired) electrons. The molecular weight excluding hydrogens is 407 g/mol. The van der Waals surface area contributed by atoms with Crippen molar-refractivity contribution in [2.75, 3.05) is 12.4 Å². The smallest absolute Gasteiger partial charge is 0.355 e. The summed E-state index contributed by atoms with van der Waals surface area (Å²) >= 11 is 0. The van der Waals surface area contributed by atoms with Gasteiger partial charge in [0.1, 0.15) is 0 Å². The van der Waals surface area contributed by atoms with Crippen LogP contribution in [0.1, 0.15) is 15.9 Å². The summed E-state index contributed by atoms with van der Waals surface area (Å²) < 4.78 is 43.0. The van der Waals surface area contributed by atoms with E-state index in [0.29, 0.717) is 28.3 Å². The Morgan fingerprint density at radius 3 is 2.58 bits per heavy atom. The van der Waals surface area contributed by atoms with Gasteiger partial charge in [0.2, 0.25) is 5.95 Å². The molecule has 31 heavy (non-hydrogen) atoms. The number of nitrogens with one attached hydrogen (secondary N) is 2. The van der Waals surface area contributed by atoms with Crippen LogP contribution < -0.4 is 10.6 Å². The van der Waals surface area contributed by atoms with Crippen LogP contribution in [0.4, 0.5) is 24.8 Å². The zero-order valence-electron chi connectivity index (χ0n) is 16.7. The van der Waals surface area contributed by atoms with Crippen molar-refractivity contribution >= 4 is 28.6 Å².